The Labute approximate surface area is 132 Å². The van der Waals surface area contributed by atoms with Gasteiger partial charge < -0.3 is 14.2 Å². The molecule has 2 aromatic rings. The number of alkyl halides is 1. The van der Waals surface area contributed by atoms with Crippen LogP contribution >= 0.6 is 0 Å². The third-order valence-electron chi connectivity index (χ3n) is 3.81. The summed E-state index contributed by atoms with van der Waals surface area (Å²) in [4.78, 5) is 21.4. The highest BCUT2D eigenvalue weighted by Gasteiger charge is 2.43. The Morgan fingerprint density at radius 1 is 1.48 bits per heavy atom. The van der Waals surface area contributed by atoms with Crippen LogP contribution in [0.25, 0.3) is 11.4 Å². The van der Waals surface area contributed by atoms with Gasteiger partial charge in [0.15, 0.2) is 0 Å². The van der Waals surface area contributed by atoms with Crippen molar-refractivity contribution in [2.45, 2.75) is 18.5 Å². The highest BCUT2D eigenvalue weighted by atomic mass is 19.1. The Hall–Kier alpha value is -2.35. The maximum absolute atomic E-state index is 15.2. The molecule has 0 spiro atoms. The maximum atomic E-state index is 15.2. The van der Waals surface area contributed by atoms with E-state index in [2.05, 4.69) is 15.1 Å². The number of carbonyl (C=O) groups excluding carboxylic acids is 1. The van der Waals surface area contributed by atoms with Crippen molar-refractivity contribution < 1.29 is 18.4 Å². The van der Waals surface area contributed by atoms with E-state index in [4.69, 9.17) is 9.26 Å². The second-order valence-electron chi connectivity index (χ2n) is 5.48. The summed E-state index contributed by atoms with van der Waals surface area (Å²) >= 11 is 0. The minimum atomic E-state index is -1.83. The number of hydrogen-bond donors (Lipinski definition) is 0. The van der Waals surface area contributed by atoms with Crippen LogP contribution in [0.2, 0.25) is 0 Å². The number of amides is 1. The monoisotopic (exact) mass is 320 g/mol. The highest BCUT2D eigenvalue weighted by molar-refractivity contribution is 5.77. The Bertz CT molecular complexity index is 678. The largest absolute Gasteiger partial charge is 0.375 e. The lowest BCUT2D eigenvalue weighted by atomic mass is 9.94. The van der Waals surface area contributed by atoms with Crippen LogP contribution in [0.5, 0.6) is 0 Å². The van der Waals surface area contributed by atoms with Gasteiger partial charge in [-0.05, 0) is 25.0 Å². The summed E-state index contributed by atoms with van der Waals surface area (Å²) < 4.78 is 25.2. The smallest absolute Gasteiger partial charge is 0.266 e. The zero-order valence-electron chi connectivity index (χ0n) is 12.7. The van der Waals surface area contributed by atoms with Gasteiger partial charge in [0.05, 0.1) is 6.54 Å². The molecule has 1 saturated heterocycles. The quantitative estimate of drug-likeness (QED) is 0.850. The number of pyridine rings is 1. The zero-order valence-corrected chi connectivity index (χ0v) is 12.7. The lowest BCUT2D eigenvalue weighted by Gasteiger charge is -2.34. The molecule has 0 aromatic carbocycles. The fraction of sp³-hybridized carbons (Fsp3) is 0.467. The molecule has 0 bridgehead atoms. The van der Waals surface area contributed by atoms with Crippen LogP contribution in [0.1, 0.15) is 18.7 Å². The van der Waals surface area contributed by atoms with Gasteiger partial charge in [-0.25, -0.2) is 4.39 Å². The van der Waals surface area contributed by atoms with Crippen molar-refractivity contribution in [2.24, 2.45) is 0 Å². The topological polar surface area (TPSA) is 81.4 Å². The summed E-state index contributed by atoms with van der Waals surface area (Å²) in [5.41, 5.74) is -1.14. The van der Waals surface area contributed by atoms with Crippen molar-refractivity contribution in [1.29, 1.82) is 0 Å². The molecule has 8 heteroatoms. The minimum Gasteiger partial charge on any atom is -0.375 e. The van der Waals surface area contributed by atoms with Crippen LogP contribution in [0.3, 0.4) is 0 Å². The van der Waals surface area contributed by atoms with Crippen molar-refractivity contribution >= 4 is 5.91 Å². The molecule has 0 radical (unpaired) electrons. The molecule has 0 aliphatic carbocycles. The van der Waals surface area contributed by atoms with E-state index in [-0.39, 0.29) is 31.4 Å². The second-order valence-corrected chi connectivity index (χ2v) is 5.48. The first-order valence-electron chi connectivity index (χ1n) is 7.32. The number of hydrogen-bond acceptors (Lipinski definition) is 6. The van der Waals surface area contributed by atoms with E-state index in [1.54, 1.807) is 24.5 Å². The van der Waals surface area contributed by atoms with Gasteiger partial charge in [0.2, 0.25) is 17.4 Å². The average molecular weight is 320 g/mol. The number of halogens is 1. The molecule has 3 rings (SSSR count). The van der Waals surface area contributed by atoms with Gasteiger partial charge in [-0.3, -0.25) is 9.78 Å². The van der Waals surface area contributed by atoms with Gasteiger partial charge in [-0.15, -0.1) is 0 Å². The lowest BCUT2D eigenvalue weighted by Crippen LogP contribution is -2.47. The van der Waals surface area contributed by atoms with E-state index < -0.39 is 5.67 Å². The standard InChI is InChI=1S/C15H17FN4O3/c1-22-9-12(21)20-8-2-5-15(16,10-20)14-18-13(19-23-14)11-3-6-17-7-4-11/h3-4,6-7H,2,5,8-10H2,1H3. The van der Waals surface area contributed by atoms with E-state index in [0.717, 1.165) is 0 Å². The van der Waals surface area contributed by atoms with Gasteiger partial charge in [-0.2, -0.15) is 4.98 Å². The first-order chi connectivity index (χ1) is 11.1. The first kappa shape index (κ1) is 15.5. The Balaban J connectivity index is 1.80. The summed E-state index contributed by atoms with van der Waals surface area (Å²) in [6, 6.07) is 3.43. The van der Waals surface area contributed by atoms with Crippen LogP contribution in [0, 0.1) is 0 Å². The zero-order chi connectivity index (χ0) is 16.3. The molecule has 1 amide bonds. The molecule has 23 heavy (non-hydrogen) atoms. The SMILES string of the molecule is COCC(=O)N1CCCC(F)(c2nc(-c3ccncc3)no2)C1. The predicted octanol–water partition coefficient (Wildman–Crippen LogP) is 1.57. The Morgan fingerprint density at radius 2 is 2.26 bits per heavy atom. The Morgan fingerprint density at radius 3 is 3.00 bits per heavy atom. The van der Waals surface area contributed by atoms with Crippen LogP contribution < -0.4 is 0 Å². The van der Waals surface area contributed by atoms with E-state index in [1.165, 1.54) is 12.0 Å². The molecule has 122 valence electrons. The summed E-state index contributed by atoms with van der Waals surface area (Å²) in [6.45, 7) is 0.328. The molecule has 0 saturated carbocycles. The minimum absolute atomic E-state index is 0.0673. The lowest BCUT2D eigenvalue weighted by molar-refractivity contribution is -0.140. The van der Waals surface area contributed by atoms with Crippen LogP contribution in [-0.4, -0.2) is 52.7 Å². The molecule has 1 aliphatic rings. The summed E-state index contributed by atoms with van der Waals surface area (Å²) in [6.07, 6.45) is 3.96. The van der Waals surface area contributed by atoms with Gasteiger partial charge >= 0.3 is 0 Å². The fourth-order valence-corrected chi connectivity index (χ4v) is 2.64. The molecular weight excluding hydrogens is 303 g/mol. The number of aromatic nitrogens is 3. The Kier molecular flexibility index (Phi) is 4.33. The normalized spacial score (nSPS) is 21.4. The molecule has 1 fully saturated rings. The van der Waals surface area contributed by atoms with Crippen LogP contribution in [-0.2, 0) is 15.2 Å². The molecule has 7 nitrogen and oxygen atoms in total. The highest BCUT2D eigenvalue weighted by Crippen LogP contribution is 2.35. The van der Waals surface area contributed by atoms with Crippen molar-refractivity contribution in [3.63, 3.8) is 0 Å². The van der Waals surface area contributed by atoms with Crippen molar-refractivity contribution in [3.8, 4) is 11.4 Å². The fourth-order valence-electron chi connectivity index (χ4n) is 2.64. The molecular formula is C15H17FN4O3. The van der Waals surface area contributed by atoms with E-state index in [1.807, 2.05) is 0 Å². The summed E-state index contributed by atoms with van der Waals surface area (Å²) in [5.74, 6) is -0.0397. The van der Waals surface area contributed by atoms with Gasteiger partial charge in [0.25, 0.3) is 5.89 Å². The van der Waals surface area contributed by atoms with Gasteiger partial charge in [0, 0.05) is 31.6 Å². The molecule has 1 atom stereocenters. The third kappa shape index (κ3) is 3.21. The average Bonchev–Trinajstić information content (AvgIpc) is 3.07. The number of methoxy groups -OCH3 is 1. The van der Waals surface area contributed by atoms with Crippen molar-refractivity contribution in [2.75, 3.05) is 26.8 Å². The molecule has 0 N–H and O–H groups in total. The maximum Gasteiger partial charge on any atom is 0.266 e. The summed E-state index contributed by atoms with van der Waals surface area (Å²) in [5, 5.41) is 3.83. The number of rotatable bonds is 4. The molecule has 3 heterocycles. The number of nitrogens with zero attached hydrogens (tertiary/aromatic N) is 4. The van der Waals surface area contributed by atoms with Crippen molar-refractivity contribution in [3.05, 3.63) is 30.4 Å². The third-order valence-corrected chi connectivity index (χ3v) is 3.81. The number of ether oxygens (including phenoxy) is 1. The van der Waals surface area contributed by atoms with Gasteiger partial charge in [0.1, 0.15) is 6.61 Å². The van der Waals surface area contributed by atoms with Crippen molar-refractivity contribution in [1.82, 2.24) is 20.0 Å². The van der Waals surface area contributed by atoms with E-state index in [9.17, 15) is 4.79 Å². The predicted molar refractivity (Wildman–Crippen MR) is 78.0 cm³/mol. The van der Waals surface area contributed by atoms with Crippen LogP contribution in [0.15, 0.2) is 29.0 Å². The number of likely N-dealkylation sites (tertiary alicyclic amines) is 1. The number of carbonyl (C=O) groups is 1. The molecule has 1 aliphatic heterocycles. The summed E-state index contributed by atoms with van der Waals surface area (Å²) in [7, 11) is 1.43. The van der Waals surface area contributed by atoms with E-state index in [0.29, 0.717) is 24.4 Å². The first-order valence-corrected chi connectivity index (χ1v) is 7.32. The van der Waals surface area contributed by atoms with Crippen LogP contribution in [0.4, 0.5) is 4.39 Å². The number of piperidine rings is 1. The molecule has 1 unspecified atom stereocenters. The van der Waals surface area contributed by atoms with E-state index >= 15 is 4.39 Å². The molecule has 2 aromatic heterocycles. The second kappa shape index (κ2) is 6.41. The van der Waals surface area contributed by atoms with Gasteiger partial charge in [-0.1, -0.05) is 5.16 Å².